The summed E-state index contributed by atoms with van der Waals surface area (Å²) in [5, 5.41) is 19.1. The molecule has 2 N–H and O–H groups in total. The molecular formula is C16H17F3O4. The molecule has 2 rings (SSSR count). The van der Waals surface area contributed by atoms with E-state index in [1.807, 2.05) is 0 Å². The molecule has 0 radical (unpaired) electrons. The van der Waals surface area contributed by atoms with Crippen LogP contribution in [-0.4, -0.2) is 28.6 Å². The molecule has 23 heavy (non-hydrogen) atoms. The molecule has 0 aliphatic heterocycles. The van der Waals surface area contributed by atoms with Crippen molar-refractivity contribution in [3.8, 4) is 0 Å². The van der Waals surface area contributed by atoms with Crippen LogP contribution in [0, 0.1) is 17.2 Å². The summed E-state index contributed by atoms with van der Waals surface area (Å²) < 4.78 is 40.6. The van der Waals surface area contributed by atoms with E-state index in [1.54, 1.807) is 0 Å². The Morgan fingerprint density at radius 2 is 1.83 bits per heavy atom. The number of hydrogen-bond acceptors (Lipinski definition) is 2. The van der Waals surface area contributed by atoms with E-state index in [-0.39, 0.29) is 18.4 Å². The average molecular weight is 330 g/mol. The van der Waals surface area contributed by atoms with Crippen LogP contribution in [0.3, 0.4) is 0 Å². The van der Waals surface area contributed by atoms with Gasteiger partial charge < -0.3 is 10.2 Å². The number of hydrogen-bond donors (Lipinski definition) is 2. The summed E-state index contributed by atoms with van der Waals surface area (Å²) in [6.07, 6.45) is -4.01. The van der Waals surface area contributed by atoms with E-state index in [0.29, 0.717) is 0 Å². The molecule has 0 bridgehead atoms. The Labute approximate surface area is 130 Å². The summed E-state index contributed by atoms with van der Waals surface area (Å²) in [6, 6.07) is 5.18. The Hall–Kier alpha value is -2.05. The van der Waals surface area contributed by atoms with Crippen LogP contribution in [0.1, 0.15) is 31.7 Å². The predicted octanol–water partition coefficient (Wildman–Crippen LogP) is 3.30. The Balaban J connectivity index is 2.58. The van der Waals surface area contributed by atoms with Crippen LogP contribution in [0.4, 0.5) is 13.2 Å². The van der Waals surface area contributed by atoms with Gasteiger partial charge in [0.2, 0.25) is 6.43 Å². The Morgan fingerprint density at radius 1 is 1.22 bits per heavy atom. The van der Waals surface area contributed by atoms with Gasteiger partial charge in [-0.25, -0.2) is 13.2 Å². The lowest BCUT2D eigenvalue weighted by Gasteiger charge is -2.46. The Morgan fingerprint density at radius 3 is 2.30 bits per heavy atom. The van der Waals surface area contributed by atoms with Gasteiger partial charge in [0.15, 0.2) is 0 Å². The smallest absolute Gasteiger partial charge is 0.314 e. The summed E-state index contributed by atoms with van der Waals surface area (Å²) in [6.45, 7) is 1.11. The minimum atomic E-state index is -2.89. The quantitative estimate of drug-likeness (QED) is 0.888. The first-order valence-electron chi connectivity index (χ1n) is 7.15. The normalized spacial score (nSPS) is 31.1. The van der Waals surface area contributed by atoms with Crippen molar-refractivity contribution >= 4 is 11.9 Å². The van der Waals surface area contributed by atoms with Crippen LogP contribution in [0.25, 0.3) is 0 Å². The fourth-order valence-corrected chi connectivity index (χ4v) is 3.58. The number of alkyl halides is 2. The molecule has 3 unspecified atom stereocenters. The highest BCUT2D eigenvalue weighted by Crippen LogP contribution is 2.53. The van der Waals surface area contributed by atoms with E-state index in [2.05, 4.69) is 0 Å². The topological polar surface area (TPSA) is 74.6 Å². The maximum absolute atomic E-state index is 14.1. The molecule has 0 aromatic heterocycles. The molecule has 0 saturated heterocycles. The zero-order valence-electron chi connectivity index (χ0n) is 12.4. The van der Waals surface area contributed by atoms with Gasteiger partial charge in [-0.1, -0.05) is 18.2 Å². The van der Waals surface area contributed by atoms with Crippen molar-refractivity contribution in [1.29, 1.82) is 0 Å². The average Bonchev–Trinajstić information content (AvgIpc) is 2.46. The fraction of sp³-hybridized carbons (Fsp3) is 0.500. The van der Waals surface area contributed by atoms with Crippen LogP contribution in [0.15, 0.2) is 24.3 Å². The number of halogens is 3. The first-order valence-corrected chi connectivity index (χ1v) is 7.15. The second-order valence-electron chi connectivity index (χ2n) is 6.25. The van der Waals surface area contributed by atoms with Gasteiger partial charge in [0.05, 0.1) is 10.8 Å². The molecule has 1 aliphatic rings. The maximum Gasteiger partial charge on any atom is 0.314 e. The molecule has 4 nitrogen and oxygen atoms in total. The first kappa shape index (κ1) is 17.3. The molecule has 3 atom stereocenters. The van der Waals surface area contributed by atoms with Gasteiger partial charge in [-0.3, -0.25) is 9.59 Å². The van der Waals surface area contributed by atoms with Crippen molar-refractivity contribution in [2.24, 2.45) is 11.3 Å². The second-order valence-corrected chi connectivity index (χ2v) is 6.25. The molecule has 1 fully saturated rings. The number of rotatable bonds is 4. The number of carboxylic acid groups (broad SMARTS) is 2. The number of aliphatic carboxylic acids is 2. The van der Waals surface area contributed by atoms with E-state index in [1.165, 1.54) is 18.2 Å². The molecule has 0 heterocycles. The third kappa shape index (κ3) is 2.68. The van der Waals surface area contributed by atoms with Crippen LogP contribution < -0.4 is 0 Å². The number of benzene rings is 1. The zero-order chi connectivity index (χ0) is 17.4. The lowest BCUT2D eigenvalue weighted by molar-refractivity contribution is -0.167. The molecule has 7 heteroatoms. The summed E-state index contributed by atoms with van der Waals surface area (Å²) in [7, 11) is 0. The van der Waals surface area contributed by atoms with Crippen molar-refractivity contribution in [2.45, 2.75) is 38.0 Å². The lowest BCUT2D eigenvalue weighted by Crippen LogP contribution is -2.53. The van der Waals surface area contributed by atoms with Crippen LogP contribution in [-0.2, 0) is 15.0 Å². The zero-order valence-corrected chi connectivity index (χ0v) is 12.4. The van der Waals surface area contributed by atoms with Crippen LogP contribution in [0.2, 0.25) is 0 Å². The first-order chi connectivity index (χ1) is 10.6. The Kier molecular flexibility index (Phi) is 4.41. The van der Waals surface area contributed by atoms with E-state index < -0.39 is 47.3 Å². The van der Waals surface area contributed by atoms with Crippen molar-refractivity contribution in [3.63, 3.8) is 0 Å². The van der Waals surface area contributed by atoms with Crippen molar-refractivity contribution in [1.82, 2.24) is 0 Å². The van der Waals surface area contributed by atoms with Crippen molar-refractivity contribution in [3.05, 3.63) is 35.6 Å². The summed E-state index contributed by atoms with van der Waals surface area (Å²) in [5.74, 6) is -5.15. The molecule has 0 amide bonds. The van der Waals surface area contributed by atoms with Gasteiger partial charge >= 0.3 is 11.9 Å². The largest absolute Gasteiger partial charge is 0.481 e. The minimum absolute atomic E-state index is 0.160. The van der Waals surface area contributed by atoms with E-state index >= 15 is 0 Å². The van der Waals surface area contributed by atoms with E-state index in [0.717, 1.165) is 13.0 Å². The predicted molar refractivity (Wildman–Crippen MR) is 74.8 cm³/mol. The molecule has 1 aliphatic carbocycles. The highest BCUT2D eigenvalue weighted by Gasteiger charge is 2.58. The summed E-state index contributed by atoms with van der Waals surface area (Å²) in [5.41, 5.74) is -3.94. The lowest BCUT2D eigenvalue weighted by atomic mass is 9.55. The van der Waals surface area contributed by atoms with Crippen molar-refractivity contribution in [2.75, 3.05) is 0 Å². The van der Waals surface area contributed by atoms with Gasteiger partial charge in [-0.05, 0) is 32.3 Å². The monoisotopic (exact) mass is 330 g/mol. The van der Waals surface area contributed by atoms with Gasteiger partial charge in [0, 0.05) is 11.5 Å². The number of carboxylic acids is 2. The Bertz CT molecular complexity index is 634. The molecule has 1 aromatic carbocycles. The van der Waals surface area contributed by atoms with Gasteiger partial charge in [-0.2, -0.15) is 0 Å². The second kappa shape index (κ2) is 5.86. The molecule has 1 aromatic rings. The van der Waals surface area contributed by atoms with E-state index in [4.69, 9.17) is 0 Å². The van der Waals surface area contributed by atoms with Crippen LogP contribution >= 0.6 is 0 Å². The van der Waals surface area contributed by atoms with Gasteiger partial charge in [-0.15, -0.1) is 0 Å². The SMILES string of the molecule is CC1(C(=O)O)CC(C(=O)O)(c2ccccc2F)CCC1C(F)F. The molecular weight excluding hydrogens is 313 g/mol. The molecule has 126 valence electrons. The fourth-order valence-electron chi connectivity index (χ4n) is 3.58. The van der Waals surface area contributed by atoms with E-state index in [9.17, 15) is 33.0 Å². The highest BCUT2D eigenvalue weighted by atomic mass is 19.3. The number of carbonyl (C=O) groups is 2. The third-order valence-electron chi connectivity index (χ3n) is 4.96. The van der Waals surface area contributed by atoms with Gasteiger partial charge in [0.1, 0.15) is 5.82 Å². The molecule has 0 spiro atoms. The summed E-state index contributed by atoms with van der Waals surface area (Å²) in [4.78, 5) is 23.5. The maximum atomic E-state index is 14.1. The minimum Gasteiger partial charge on any atom is -0.481 e. The highest BCUT2D eigenvalue weighted by molar-refractivity contribution is 5.84. The van der Waals surface area contributed by atoms with Crippen molar-refractivity contribution < 1.29 is 33.0 Å². The van der Waals surface area contributed by atoms with Crippen LogP contribution in [0.5, 0.6) is 0 Å². The molecule has 1 saturated carbocycles. The standard InChI is InChI=1S/C16H17F3O4/c1-15(13(20)21)8-16(14(22)23,7-6-10(15)12(18)19)9-4-2-3-5-11(9)17/h2-5,10,12H,6-8H2,1H3,(H,20,21)(H,22,23). The third-order valence-corrected chi connectivity index (χ3v) is 4.96. The summed E-state index contributed by atoms with van der Waals surface area (Å²) >= 11 is 0. The van der Waals surface area contributed by atoms with Gasteiger partial charge in [0.25, 0.3) is 0 Å².